The second-order valence-electron chi connectivity index (χ2n) is 3.72. The molecule has 2 aromatic rings. The summed E-state index contributed by atoms with van der Waals surface area (Å²) in [6.45, 7) is 4.64. The highest BCUT2D eigenvalue weighted by molar-refractivity contribution is 7.99. The Balaban J connectivity index is 2.18. The Morgan fingerprint density at radius 2 is 2.33 bits per heavy atom. The molecule has 0 saturated heterocycles. The molecule has 96 valence electrons. The first kappa shape index (κ1) is 12.9. The lowest BCUT2D eigenvalue weighted by molar-refractivity contribution is 0.526. The highest BCUT2D eigenvalue weighted by atomic mass is 32.2. The summed E-state index contributed by atoms with van der Waals surface area (Å²) in [5, 5.41) is 3.33. The van der Waals surface area contributed by atoms with Crippen LogP contribution in [0.5, 0.6) is 0 Å². The number of hydrogen-bond donors (Lipinski definition) is 1. The highest BCUT2D eigenvalue weighted by Crippen LogP contribution is 2.31. The fourth-order valence-electron chi connectivity index (χ4n) is 1.33. The molecule has 2 aromatic heterocycles. The zero-order valence-electron chi connectivity index (χ0n) is 10.2. The van der Waals surface area contributed by atoms with Gasteiger partial charge in [-0.05, 0) is 19.4 Å². The molecule has 4 nitrogen and oxygen atoms in total. The number of nitrogens with zero attached hydrogens (tertiary/aromatic N) is 2. The Hall–Kier alpha value is -1.56. The molecule has 0 aromatic carbocycles. The predicted octanol–water partition coefficient (Wildman–Crippen LogP) is 3.49. The number of nitrogens with one attached hydrogen (secondary N) is 1. The zero-order chi connectivity index (χ0) is 13.0. The molecular weight excluding hydrogens is 253 g/mol. The van der Waals surface area contributed by atoms with Crippen LogP contribution in [0.25, 0.3) is 0 Å². The van der Waals surface area contributed by atoms with E-state index < -0.39 is 5.82 Å². The Kier molecular flexibility index (Phi) is 4.19. The molecule has 0 spiro atoms. The van der Waals surface area contributed by atoms with Gasteiger partial charge in [-0.1, -0.05) is 18.7 Å². The Labute approximate surface area is 109 Å². The minimum Gasteiger partial charge on any atom is -0.468 e. The summed E-state index contributed by atoms with van der Waals surface area (Å²) in [6.07, 6.45) is 3.72. The number of furan rings is 1. The molecule has 0 atom stereocenters. The summed E-state index contributed by atoms with van der Waals surface area (Å²) in [6, 6.07) is 1.79. The molecule has 6 heteroatoms. The SMILES string of the molecule is CCCNc1ncc(F)c(Sc2ccoc2C)n1. The molecule has 0 unspecified atom stereocenters. The fourth-order valence-corrected chi connectivity index (χ4v) is 2.13. The van der Waals surface area contributed by atoms with Crippen molar-refractivity contribution in [3.8, 4) is 0 Å². The monoisotopic (exact) mass is 267 g/mol. The van der Waals surface area contributed by atoms with Crippen LogP contribution >= 0.6 is 11.8 Å². The van der Waals surface area contributed by atoms with E-state index in [4.69, 9.17) is 4.42 Å². The number of hydrogen-bond acceptors (Lipinski definition) is 5. The third kappa shape index (κ3) is 3.01. The van der Waals surface area contributed by atoms with E-state index >= 15 is 0 Å². The van der Waals surface area contributed by atoms with Gasteiger partial charge in [-0.25, -0.2) is 14.4 Å². The molecule has 2 rings (SSSR count). The van der Waals surface area contributed by atoms with Crippen molar-refractivity contribution in [2.24, 2.45) is 0 Å². The van der Waals surface area contributed by atoms with Gasteiger partial charge in [0.2, 0.25) is 5.95 Å². The summed E-state index contributed by atoms with van der Waals surface area (Å²) >= 11 is 1.24. The molecule has 0 fully saturated rings. The van der Waals surface area contributed by atoms with Crippen molar-refractivity contribution in [1.29, 1.82) is 0 Å². The van der Waals surface area contributed by atoms with Crippen LogP contribution < -0.4 is 5.32 Å². The van der Waals surface area contributed by atoms with Gasteiger partial charge in [0, 0.05) is 6.54 Å². The minimum absolute atomic E-state index is 0.299. The van der Waals surface area contributed by atoms with Gasteiger partial charge in [-0.3, -0.25) is 0 Å². The third-order valence-electron chi connectivity index (χ3n) is 2.26. The summed E-state index contributed by atoms with van der Waals surface area (Å²) in [5.41, 5.74) is 0. The molecule has 18 heavy (non-hydrogen) atoms. The van der Waals surface area contributed by atoms with Crippen molar-refractivity contribution in [3.63, 3.8) is 0 Å². The lowest BCUT2D eigenvalue weighted by Gasteiger charge is -2.05. The van der Waals surface area contributed by atoms with Crippen molar-refractivity contribution in [2.45, 2.75) is 30.2 Å². The largest absolute Gasteiger partial charge is 0.468 e. The average molecular weight is 267 g/mol. The van der Waals surface area contributed by atoms with Crippen LogP contribution in [-0.2, 0) is 0 Å². The van der Waals surface area contributed by atoms with Crippen molar-refractivity contribution >= 4 is 17.7 Å². The highest BCUT2D eigenvalue weighted by Gasteiger charge is 2.11. The van der Waals surface area contributed by atoms with Crippen molar-refractivity contribution in [1.82, 2.24) is 9.97 Å². The second kappa shape index (κ2) is 5.86. The molecule has 1 N–H and O–H groups in total. The maximum absolute atomic E-state index is 13.6. The number of rotatable bonds is 5. The normalized spacial score (nSPS) is 10.6. The Morgan fingerprint density at radius 3 is 3.00 bits per heavy atom. The molecule has 0 aliphatic carbocycles. The molecule has 0 saturated carbocycles. The first-order valence-corrected chi connectivity index (χ1v) is 6.50. The van der Waals surface area contributed by atoms with E-state index in [0.717, 1.165) is 23.6 Å². The van der Waals surface area contributed by atoms with Crippen molar-refractivity contribution in [2.75, 3.05) is 11.9 Å². The smallest absolute Gasteiger partial charge is 0.223 e. The van der Waals surface area contributed by atoms with Gasteiger partial charge in [0.25, 0.3) is 0 Å². The van der Waals surface area contributed by atoms with Gasteiger partial charge in [0.1, 0.15) is 10.8 Å². The number of anilines is 1. The van der Waals surface area contributed by atoms with E-state index in [1.54, 1.807) is 12.3 Å². The second-order valence-corrected chi connectivity index (χ2v) is 4.75. The van der Waals surface area contributed by atoms with Gasteiger partial charge < -0.3 is 9.73 Å². The molecule has 2 heterocycles. The van der Waals surface area contributed by atoms with Crippen molar-refractivity contribution < 1.29 is 8.81 Å². The lowest BCUT2D eigenvalue weighted by atomic mass is 10.5. The van der Waals surface area contributed by atoms with E-state index in [9.17, 15) is 4.39 Å². The molecule has 0 aliphatic heterocycles. The molecule has 0 radical (unpaired) electrons. The summed E-state index contributed by atoms with van der Waals surface area (Å²) in [7, 11) is 0. The third-order valence-corrected chi connectivity index (χ3v) is 3.39. The molecule has 0 aliphatic rings. The van der Waals surface area contributed by atoms with Crippen LogP contribution in [0.2, 0.25) is 0 Å². The standard InChI is InChI=1S/C12H14FN3OS/c1-3-5-14-12-15-7-9(13)11(16-12)18-10-4-6-17-8(10)2/h4,6-7H,3,5H2,1-2H3,(H,14,15,16). The first-order chi connectivity index (χ1) is 8.70. The van der Waals surface area contributed by atoms with Gasteiger partial charge in [-0.2, -0.15) is 0 Å². The van der Waals surface area contributed by atoms with Crippen LogP contribution in [0.3, 0.4) is 0 Å². The number of halogens is 1. The fraction of sp³-hybridized carbons (Fsp3) is 0.333. The molecular formula is C12H14FN3OS. The Morgan fingerprint density at radius 1 is 1.50 bits per heavy atom. The lowest BCUT2D eigenvalue weighted by Crippen LogP contribution is -2.05. The zero-order valence-corrected chi connectivity index (χ0v) is 11.1. The average Bonchev–Trinajstić information content (AvgIpc) is 2.76. The number of aryl methyl sites for hydroxylation is 1. The Bertz CT molecular complexity index is 530. The summed E-state index contributed by atoms with van der Waals surface area (Å²) < 4.78 is 18.8. The van der Waals surface area contributed by atoms with E-state index in [1.165, 1.54) is 18.0 Å². The number of aromatic nitrogens is 2. The van der Waals surface area contributed by atoms with Gasteiger partial charge in [0.05, 0.1) is 17.4 Å². The maximum Gasteiger partial charge on any atom is 0.223 e. The van der Waals surface area contributed by atoms with Crippen LogP contribution in [0, 0.1) is 12.7 Å². The van der Waals surface area contributed by atoms with E-state index in [-0.39, 0.29) is 0 Å². The quantitative estimate of drug-likeness (QED) is 0.840. The van der Waals surface area contributed by atoms with Gasteiger partial charge in [-0.15, -0.1) is 0 Å². The van der Waals surface area contributed by atoms with Crippen molar-refractivity contribution in [3.05, 3.63) is 30.1 Å². The minimum atomic E-state index is -0.428. The molecule has 0 amide bonds. The van der Waals surface area contributed by atoms with E-state index in [0.29, 0.717) is 11.0 Å². The topological polar surface area (TPSA) is 51.0 Å². The van der Waals surface area contributed by atoms with Gasteiger partial charge >= 0.3 is 0 Å². The molecule has 0 bridgehead atoms. The van der Waals surface area contributed by atoms with E-state index in [2.05, 4.69) is 15.3 Å². The first-order valence-electron chi connectivity index (χ1n) is 5.69. The predicted molar refractivity (Wildman–Crippen MR) is 68.3 cm³/mol. The summed E-state index contributed by atoms with van der Waals surface area (Å²) in [4.78, 5) is 8.90. The van der Waals surface area contributed by atoms with Crippen LogP contribution in [-0.4, -0.2) is 16.5 Å². The van der Waals surface area contributed by atoms with Crippen LogP contribution in [0.4, 0.5) is 10.3 Å². The van der Waals surface area contributed by atoms with Crippen LogP contribution in [0.15, 0.2) is 32.9 Å². The summed E-state index contributed by atoms with van der Waals surface area (Å²) in [5.74, 6) is 0.769. The van der Waals surface area contributed by atoms with E-state index in [1.807, 2.05) is 13.8 Å². The maximum atomic E-state index is 13.6. The van der Waals surface area contributed by atoms with Crippen LogP contribution in [0.1, 0.15) is 19.1 Å². The van der Waals surface area contributed by atoms with Gasteiger partial charge in [0.15, 0.2) is 5.82 Å².